The molecule has 5 amide bonds. The van der Waals surface area contributed by atoms with E-state index in [9.17, 15) is 19.2 Å². The number of para-hydroxylation sites is 1. The van der Waals surface area contributed by atoms with Crippen molar-refractivity contribution in [1.29, 1.82) is 0 Å². The van der Waals surface area contributed by atoms with E-state index in [1.54, 1.807) is 51.4 Å². The number of imide groups is 1. The summed E-state index contributed by atoms with van der Waals surface area (Å²) in [7, 11) is 3.28. The van der Waals surface area contributed by atoms with E-state index in [4.69, 9.17) is 0 Å². The molecule has 3 aromatic carbocycles. The monoisotopic (exact) mass is 476 g/mol. The van der Waals surface area contributed by atoms with Crippen LogP contribution < -0.4 is 10.6 Å². The first-order valence-electron chi connectivity index (χ1n) is 10.6. The molecule has 3 aromatic rings. The first kappa shape index (κ1) is 23.3. The summed E-state index contributed by atoms with van der Waals surface area (Å²) in [6.07, 6.45) is 0. The molecule has 0 spiro atoms. The highest BCUT2D eigenvalue weighted by molar-refractivity contribution is 8.13. The van der Waals surface area contributed by atoms with Crippen LogP contribution in [-0.4, -0.2) is 53.5 Å². The molecule has 0 radical (unpaired) electrons. The van der Waals surface area contributed by atoms with Crippen molar-refractivity contribution in [3.05, 3.63) is 72.3 Å². The number of nitrogens with zero attached hydrogens (tertiary/aromatic N) is 2. The van der Waals surface area contributed by atoms with Crippen molar-refractivity contribution >= 4 is 51.3 Å². The van der Waals surface area contributed by atoms with Crippen LogP contribution in [0.25, 0.3) is 10.8 Å². The average molecular weight is 477 g/mol. The molecule has 1 aliphatic rings. The Morgan fingerprint density at radius 2 is 1.68 bits per heavy atom. The van der Waals surface area contributed by atoms with Gasteiger partial charge in [0.2, 0.25) is 5.91 Å². The molecule has 8 nitrogen and oxygen atoms in total. The second kappa shape index (κ2) is 9.18. The number of benzene rings is 3. The van der Waals surface area contributed by atoms with Gasteiger partial charge in [-0.05, 0) is 53.2 Å². The van der Waals surface area contributed by atoms with E-state index in [0.29, 0.717) is 16.1 Å². The van der Waals surface area contributed by atoms with Crippen LogP contribution in [0.5, 0.6) is 0 Å². The molecule has 0 saturated carbocycles. The number of amides is 5. The molecule has 1 saturated heterocycles. The largest absolute Gasteiger partial charge is 0.339 e. The molecule has 4 rings (SSSR count). The molecule has 34 heavy (non-hydrogen) atoms. The number of carbonyl (C=O) groups is 4. The number of hydrogen-bond acceptors (Lipinski definition) is 5. The number of nitrogens with one attached hydrogen (secondary N) is 2. The smallest absolute Gasteiger partial charge is 0.325 e. The highest BCUT2D eigenvalue weighted by Gasteiger charge is 2.49. The van der Waals surface area contributed by atoms with Crippen molar-refractivity contribution < 1.29 is 19.2 Å². The molecule has 0 bridgehead atoms. The van der Waals surface area contributed by atoms with E-state index in [2.05, 4.69) is 10.6 Å². The van der Waals surface area contributed by atoms with Gasteiger partial charge in [-0.15, -0.1) is 0 Å². The number of anilines is 1. The van der Waals surface area contributed by atoms with Crippen molar-refractivity contribution in [2.45, 2.75) is 17.4 Å². The fourth-order valence-electron chi connectivity index (χ4n) is 3.71. The zero-order valence-electron chi connectivity index (χ0n) is 19.0. The van der Waals surface area contributed by atoms with Gasteiger partial charge in [0, 0.05) is 19.0 Å². The number of thioether (sulfide) groups is 1. The zero-order valence-corrected chi connectivity index (χ0v) is 19.8. The summed E-state index contributed by atoms with van der Waals surface area (Å²) in [5, 5.41) is 7.22. The van der Waals surface area contributed by atoms with Crippen LogP contribution in [0, 0.1) is 0 Å². The van der Waals surface area contributed by atoms with E-state index in [0.717, 1.165) is 27.4 Å². The summed E-state index contributed by atoms with van der Waals surface area (Å²) in [6.45, 7) is 1.18. The maximum Gasteiger partial charge on any atom is 0.325 e. The van der Waals surface area contributed by atoms with Gasteiger partial charge in [0.15, 0.2) is 0 Å². The van der Waals surface area contributed by atoms with E-state index in [-0.39, 0.29) is 5.24 Å². The van der Waals surface area contributed by atoms with Crippen LogP contribution in [0.3, 0.4) is 0 Å². The van der Waals surface area contributed by atoms with Crippen LogP contribution >= 0.6 is 11.8 Å². The van der Waals surface area contributed by atoms with Gasteiger partial charge in [-0.3, -0.25) is 19.3 Å². The van der Waals surface area contributed by atoms with Crippen molar-refractivity contribution in [3.63, 3.8) is 0 Å². The molecule has 1 atom stereocenters. The van der Waals surface area contributed by atoms with Gasteiger partial charge in [-0.2, -0.15) is 0 Å². The number of carbonyl (C=O) groups excluding carboxylic acids is 4. The summed E-state index contributed by atoms with van der Waals surface area (Å²) in [4.78, 5) is 53.7. The summed E-state index contributed by atoms with van der Waals surface area (Å²) in [5.74, 6) is -1.05. The third kappa shape index (κ3) is 4.47. The molecule has 1 aliphatic heterocycles. The Bertz CT molecular complexity index is 1310. The molecule has 1 heterocycles. The Kier molecular flexibility index (Phi) is 6.30. The second-order valence-corrected chi connectivity index (χ2v) is 9.31. The molecule has 1 unspecified atom stereocenters. The molecule has 0 aliphatic carbocycles. The van der Waals surface area contributed by atoms with E-state index < -0.39 is 29.9 Å². The topological polar surface area (TPSA) is 98.8 Å². The standard InChI is InChI=1S/C25H24N4O4S/c1-25(18-13-12-16-8-4-5-9-17(16)14-18)22(31)29(23(32)27-25)15-21(30)26-19-10-6-7-11-20(19)34-24(33)28(2)3/h4-14H,15H2,1-3H3,(H,26,30)(H,27,32). The molecular weight excluding hydrogens is 452 g/mol. The second-order valence-electron chi connectivity index (χ2n) is 8.32. The molecule has 1 fully saturated rings. The first-order valence-corrected chi connectivity index (χ1v) is 11.4. The lowest BCUT2D eigenvalue weighted by atomic mass is 9.90. The highest BCUT2D eigenvalue weighted by atomic mass is 32.2. The van der Waals surface area contributed by atoms with Crippen LogP contribution in [0.15, 0.2) is 71.6 Å². The lowest BCUT2D eigenvalue weighted by Gasteiger charge is -2.22. The highest BCUT2D eigenvalue weighted by Crippen LogP contribution is 2.32. The molecule has 9 heteroatoms. The van der Waals surface area contributed by atoms with Gasteiger partial charge in [0.05, 0.1) is 5.69 Å². The summed E-state index contributed by atoms with van der Waals surface area (Å²) in [5.41, 5.74) is -0.221. The first-order chi connectivity index (χ1) is 16.2. The number of urea groups is 1. The van der Waals surface area contributed by atoms with Gasteiger partial charge in [-0.25, -0.2) is 4.79 Å². The van der Waals surface area contributed by atoms with E-state index >= 15 is 0 Å². The molecule has 2 N–H and O–H groups in total. The van der Waals surface area contributed by atoms with Crippen LogP contribution in [0.1, 0.15) is 12.5 Å². The normalized spacial score (nSPS) is 17.6. The zero-order chi connectivity index (χ0) is 24.5. The average Bonchev–Trinajstić information content (AvgIpc) is 3.03. The van der Waals surface area contributed by atoms with Crippen molar-refractivity contribution in [1.82, 2.24) is 15.1 Å². The van der Waals surface area contributed by atoms with Gasteiger partial charge in [0.1, 0.15) is 12.1 Å². The third-order valence-electron chi connectivity index (χ3n) is 5.63. The maximum absolute atomic E-state index is 13.3. The minimum atomic E-state index is -1.28. The fourth-order valence-corrected chi connectivity index (χ4v) is 4.46. The Labute approximate surface area is 201 Å². The van der Waals surface area contributed by atoms with Gasteiger partial charge in [-0.1, -0.05) is 48.5 Å². The van der Waals surface area contributed by atoms with Crippen molar-refractivity contribution in [2.75, 3.05) is 26.0 Å². The Morgan fingerprint density at radius 1 is 1.00 bits per heavy atom. The molecular formula is C25H24N4O4S. The Balaban J connectivity index is 1.50. The quantitative estimate of drug-likeness (QED) is 0.428. The summed E-state index contributed by atoms with van der Waals surface area (Å²) < 4.78 is 0. The fraction of sp³-hybridized carbons (Fsp3) is 0.200. The Morgan fingerprint density at radius 3 is 2.41 bits per heavy atom. The van der Waals surface area contributed by atoms with Gasteiger partial charge >= 0.3 is 6.03 Å². The molecule has 0 aromatic heterocycles. The summed E-state index contributed by atoms with van der Waals surface area (Å²) in [6, 6.07) is 19.5. The maximum atomic E-state index is 13.3. The minimum Gasteiger partial charge on any atom is -0.339 e. The van der Waals surface area contributed by atoms with Gasteiger partial charge < -0.3 is 15.5 Å². The molecule has 174 valence electrons. The SMILES string of the molecule is CN(C)C(=O)Sc1ccccc1NC(=O)CN1C(=O)NC(C)(c2ccc3ccccc3c2)C1=O. The van der Waals surface area contributed by atoms with E-state index in [1.807, 2.05) is 36.4 Å². The minimum absolute atomic E-state index is 0.193. The lowest BCUT2D eigenvalue weighted by molar-refractivity contribution is -0.133. The predicted molar refractivity (Wildman–Crippen MR) is 132 cm³/mol. The number of fused-ring (bicyclic) bond motifs is 1. The number of rotatable bonds is 5. The number of hydrogen-bond donors (Lipinski definition) is 2. The van der Waals surface area contributed by atoms with Crippen LogP contribution in [-0.2, 0) is 15.1 Å². The van der Waals surface area contributed by atoms with E-state index in [1.165, 1.54) is 4.90 Å². The lowest BCUT2D eigenvalue weighted by Crippen LogP contribution is -2.42. The van der Waals surface area contributed by atoms with Crippen molar-refractivity contribution in [2.24, 2.45) is 0 Å². The van der Waals surface area contributed by atoms with Crippen LogP contribution in [0.2, 0.25) is 0 Å². The third-order valence-corrected chi connectivity index (χ3v) is 6.74. The predicted octanol–water partition coefficient (Wildman–Crippen LogP) is 4.02. The Hall–Kier alpha value is -3.85. The summed E-state index contributed by atoms with van der Waals surface area (Å²) >= 11 is 0.974. The van der Waals surface area contributed by atoms with Gasteiger partial charge in [0.25, 0.3) is 11.1 Å². The van der Waals surface area contributed by atoms with Crippen LogP contribution in [0.4, 0.5) is 15.3 Å². The van der Waals surface area contributed by atoms with Crippen molar-refractivity contribution in [3.8, 4) is 0 Å².